The van der Waals surface area contributed by atoms with Crippen molar-refractivity contribution < 1.29 is 13.2 Å². The number of halogens is 3. The lowest BCUT2D eigenvalue weighted by molar-refractivity contribution is 0.435. The van der Waals surface area contributed by atoms with Crippen molar-refractivity contribution in [2.24, 2.45) is 0 Å². The fraction of sp³-hybridized carbons (Fsp3) is 0.250. The third-order valence-corrected chi connectivity index (χ3v) is 3.41. The number of hydrogen-bond acceptors (Lipinski definition) is 1. The second-order valence-corrected chi connectivity index (χ2v) is 4.85. The van der Waals surface area contributed by atoms with Crippen molar-refractivity contribution in [1.82, 2.24) is 5.32 Å². The van der Waals surface area contributed by atoms with Crippen LogP contribution in [0.15, 0.2) is 30.3 Å². The summed E-state index contributed by atoms with van der Waals surface area (Å²) in [4.78, 5) is 0. The average molecular weight is 279 g/mol. The molecule has 0 aromatic heterocycles. The molecule has 106 valence electrons. The zero-order chi connectivity index (χ0) is 14.9. The monoisotopic (exact) mass is 279 g/mol. The third-order valence-electron chi connectivity index (χ3n) is 3.41. The van der Waals surface area contributed by atoms with Gasteiger partial charge < -0.3 is 5.32 Å². The second-order valence-electron chi connectivity index (χ2n) is 4.85. The van der Waals surface area contributed by atoms with Crippen molar-refractivity contribution in [2.75, 3.05) is 7.05 Å². The highest BCUT2D eigenvalue weighted by Gasteiger charge is 2.22. The molecule has 2 aromatic carbocycles. The Balaban J connectivity index is 2.58. The van der Waals surface area contributed by atoms with Crippen LogP contribution >= 0.6 is 0 Å². The molecule has 20 heavy (non-hydrogen) atoms. The van der Waals surface area contributed by atoms with Crippen LogP contribution in [-0.4, -0.2) is 7.05 Å². The lowest BCUT2D eigenvalue weighted by atomic mass is 9.93. The number of aryl methyl sites for hydroxylation is 2. The van der Waals surface area contributed by atoms with Gasteiger partial charge in [-0.2, -0.15) is 0 Å². The summed E-state index contributed by atoms with van der Waals surface area (Å²) in [6.45, 7) is 3.83. The van der Waals surface area contributed by atoms with Gasteiger partial charge in [0.25, 0.3) is 0 Å². The van der Waals surface area contributed by atoms with Crippen molar-refractivity contribution in [3.05, 3.63) is 70.0 Å². The Morgan fingerprint density at radius 3 is 2.25 bits per heavy atom. The molecule has 0 amide bonds. The van der Waals surface area contributed by atoms with E-state index in [0.717, 1.165) is 22.8 Å². The zero-order valence-corrected chi connectivity index (χ0v) is 11.6. The van der Waals surface area contributed by atoms with E-state index in [1.807, 2.05) is 32.0 Å². The smallest absolute Gasteiger partial charge is 0.194 e. The number of hydrogen-bond donors (Lipinski definition) is 1. The molecule has 4 heteroatoms. The molecule has 1 unspecified atom stereocenters. The summed E-state index contributed by atoms with van der Waals surface area (Å²) in [5, 5.41) is 2.96. The molecule has 0 saturated heterocycles. The molecule has 1 nitrogen and oxygen atoms in total. The Morgan fingerprint density at radius 1 is 0.900 bits per heavy atom. The van der Waals surface area contributed by atoms with Crippen LogP contribution in [0.3, 0.4) is 0 Å². The van der Waals surface area contributed by atoms with Gasteiger partial charge in [-0.05, 0) is 38.1 Å². The predicted molar refractivity (Wildman–Crippen MR) is 73.1 cm³/mol. The largest absolute Gasteiger partial charge is 0.309 e. The van der Waals surface area contributed by atoms with Crippen molar-refractivity contribution in [2.45, 2.75) is 19.9 Å². The van der Waals surface area contributed by atoms with Gasteiger partial charge in [0.2, 0.25) is 0 Å². The first-order valence-corrected chi connectivity index (χ1v) is 6.33. The molecule has 0 heterocycles. The van der Waals surface area contributed by atoms with E-state index in [-0.39, 0.29) is 5.56 Å². The van der Waals surface area contributed by atoms with Crippen LogP contribution in [0, 0.1) is 31.3 Å². The molecular formula is C16H16F3N. The lowest BCUT2D eigenvalue weighted by Crippen LogP contribution is -2.21. The van der Waals surface area contributed by atoms with Gasteiger partial charge in [-0.25, -0.2) is 13.2 Å². The van der Waals surface area contributed by atoms with Crippen molar-refractivity contribution in [3.63, 3.8) is 0 Å². The van der Waals surface area contributed by atoms with Crippen LogP contribution < -0.4 is 5.32 Å². The minimum atomic E-state index is -1.44. The quantitative estimate of drug-likeness (QED) is 0.836. The molecular weight excluding hydrogens is 263 g/mol. The summed E-state index contributed by atoms with van der Waals surface area (Å²) in [6.07, 6.45) is 0. The lowest BCUT2D eigenvalue weighted by Gasteiger charge is -2.21. The Morgan fingerprint density at radius 2 is 1.60 bits per heavy atom. The Kier molecular flexibility index (Phi) is 4.14. The standard InChI is InChI=1S/C16H16F3N/c1-9-4-5-10(2)12(8-9)16(20-3)11-6-7-13(17)15(19)14(11)18/h4-8,16,20H,1-3H3. The molecule has 0 saturated carbocycles. The van der Waals surface area contributed by atoms with Crippen LogP contribution in [0.1, 0.15) is 28.3 Å². The number of nitrogens with one attached hydrogen (secondary N) is 1. The van der Waals surface area contributed by atoms with Crippen molar-refractivity contribution in [3.8, 4) is 0 Å². The van der Waals surface area contributed by atoms with Gasteiger partial charge in [0.15, 0.2) is 17.5 Å². The van der Waals surface area contributed by atoms with Crippen molar-refractivity contribution >= 4 is 0 Å². The highest BCUT2D eigenvalue weighted by Crippen LogP contribution is 2.29. The van der Waals surface area contributed by atoms with Gasteiger partial charge >= 0.3 is 0 Å². The van der Waals surface area contributed by atoms with E-state index in [9.17, 15) is 13.2 Å². The highest BCUT2D eigenvalue weighted by molar-refractivity contribution is 5.40. The van der Waals surface area contributed by atoms with E-state index in [2.05, 4.69) is 5.32 Å². The van der Waals surface area contributed by atoms with E-state index in [0.29, 0.717) is 0 Å². The first kappa shape index (κ1) is 14.6. The number of benzene rings is 2. The maximum atomic E-state index is 14.0. The molecule has 0 spiro atoms. The summed E-state index contributed by atoms with van der Waals surface area (Å²) in [7, 11) is 1.66. The average Bonchev–Trinajstić information content (AvgIpc) is 2.43. The summed E-state index contributed by atoms with van der Waals surface area (Å²) in [6, 6.07) is 7.49. The number of rotatable bonds is 3. The maximum Gasteiger partial charge on any atom is 0.194 e. The third kappa shape index (κ3) is 2.56. The minimum absolute atomic E-state index is 0.0973. The normalized spacial score (nSPS) is 12.5. The maximum absolute atomic E-state index is 14.0. The van der Waals surface area contributed by atoms with Crippen LogP contribution in [-0.2, 0) is 0 Å². The summed E-state index contributed by atoms with van der Waals surface area (Å²) in [5.74, 6) is -3.76. The van der Waals surface area contributed by atoms with Crippen LogP contribution in [0.4, 0.5) is 13.2 Å². The summed E-state index contributed by atoms with van der Waals surface area (Å²) >= 11 is 0. The summed E-state index contributed by atoms with van der Waals surface area (Å²) in [5.41, 5.74) is 2.92. The zero-order valence-electron chi connectivity index (χ0n) is 11.6. The Bertz CT molecular complexity index is 638. The van der Waals surface area contributed by atoms with E-state index >= 15 is 0 Å². The molecule has 1 atom stereocenters. The fourth-order valence-corrected chi connectivity index (χ4v) is 2.31. The first-order chi connectivity index (χ1) is 9.45. The Labute approximate surface area is 116 Å². The molecule has 0 bridgehead atoms. The fourth-order valence-electron chi connectivity index (χ4n) is 2.31. The molecule has 0 aliphatic heterocycles. The minimum Gasteiger partial charge on any atom is -0.309 e. The molecule has 1 N–H and O–H groups in total. The molecule has 2 rings (SSSR count). The van der Waals surface area contributed by atoms with Gasteiger partial charge in [0, 0.05) is 5.56 Å². The molecule has 0 aliphatic rings. The van der Waals surface area contributed by atoms with Gasteiger partial charge in [0.1, 0.15) is 0 Å². The topological polar surface area (TPSA) is 12.0 Å². The van der Waals surface area contributed by atoms with Gasteiger partial charge in [-0.15, -0.1) is 0 Å². The second kappa shape index (κ2) is 5.67. The van der Waals surface area contributed by atoms with Crippen LogP contribution in [0.5, 0.6) is 0 Å². The predicted octanol–water partition coefficient (Wildman–Crippen LogP) is 4.03. The SMILES string of the molecule is CNC(c1cc(C)ccc1C)c1ccc(F)c(F)c1F. The van der Waals surface area contributed by atoms with Gasteiger partial charge in [-0.3, -0.25) is 0 Å². The van der Waals surface area contributed by atoms with E-state index in [4.69, 9.17) is 0 Å². The van der Waals surface area contributed by atoms with E-state index in [1.165, 1.54) is 6.07 Å². The molecule has 0 radical (unpaired) electrons. The Hall–Kier alpha value is -1.81. The molecule has 0 fully saturated rings. The van der Waals surface area contributed by atoms with Gasteiger partial charge in [-0.1, -0.05) is 29.8 Å². The molecule has 2 aromatic rings. The van der Waals surface area contributed by atoms with E-state index < -0.39 is 23.5 Å². The first-order valence-electron chi connectivity index (χ1n) is 6.33. The van der Waals surface area contributed by atoms with Crippen molar-refractivity contribution in [1.29, 1.82) is 0 Å². The van der Waals surface area contributed by atoms with Crippen LogP contribution in [0.25, 0.3) is 0 Å². The summed E-state index contributed by atoms with van der Waals surface area (Å²) < 4.78 is 40.4. The van der Waals surface area contributed by atoms with E-state index in [1.54, 1.807) is 7.05 Å². The molecule has 0 aliphatic carbocycles. The van der Waals surface area contributed by atoms with Crippen LogP contribution in [0.2, 0.25) is 0 Å². The highest BCUT2D eigenvalue weighted by atomic mass is 19.2. The van der Waals surface area contributed by atoms with Gasteiger partial charge in [0.05, 0.1) is 6.04 Å².